The number of para-hydroxylation sites is 2. The van der Waals surface area contributed by atoms with Gasteiger partial charge in [-0.2, -0.15) is 0 Å². The molecule has 1 N–H and O–H groups in total. The van der Waals surface area contributed by atoms with Crippen LogP contribution in [-0.4, -0.2) is 10.9 Å². The van der Waals surface area contributed by atoms with Gasteiger partial charge in [0.05, 0.1) is 23.2 Å². The first-order valence-corrected chi connectivity index (χ1v) is 9.59. The third-order valence-corrected chi connectivity index (χ3v) is 5.64. The molecule has 2 aromatic carbocycles. The molecule has 0 saturated heterocycles. The zero-order valence-corrected chi connectivity index (χ0v) is 15.5. The molecule has 4 nitrogen and oxygen atoms in total. The molecule has 0 saturated carbocycles. The maximum absolute atomic E-state index is 13.0. The third kappa shape index (κ3) is 3.10. The van der Waals surface area contributed by atoms with Crippen molar-refractivity contribution >= 4 is 17.2 Å². The van der Waals surface area contributed by atoms with Gasteiger partial charge in [0.2, 0.25) is 5.91 Å². The van der Waals surface area contributed by atoms with Crippen LogP contribution in [-0.2, 0) is 11.3 Å². The van der Waals surface area contributed by atoms with Crippen molar-refractivity contribution in [2.75, 3.05) is 0 Å². The summed E-state index contributed by atoms with van der Waals surface area (Å²) in [6.45, 7) is 4.68. The van der Waals surface area contributed by atoms with Gasteiger partial charge in [-0.3, -0.25) is 4.79 Å². The fourth-order valence-corrected chi connectivity index (χ4v) is 3.98. The smallest absolute Gasteiger partial charge is 0.232 e. The molecule has 132 valence electrons. The number of hydrogen-bond donors (Lipinski definition) is 1. The Morgan fingerprint density at radius 3 is 2.31 bits per heavy atom. The molecule has 3 aromatic rings. The van der Waals surface area contributed by atoms with Crippen LogP contribution in [0.1, 0.15) is 47.5 Å². The quantitative estimate of drug-likeness (QED) is 0.722. The second-order valence-corrected chi connectivity index (χ2v) is 7.55. The number of ether oxygens (including phenoxy) is 1. The van der Waals surface area contributed by atoms with E-state index in [1.165, 1.54) is 0 Å². The highest BCUT2D eigenvalue weighted by Gasteiger charge is 2.32. The van der Waals surface area contributed by atoms with Crippen LogP contribution in [0.15, 0.2) is 53.9 Å². The van der Waals surface area contributed by atoms with E-state index in [0.717, 1.165) is 33.3 Å². The van der Waals surface area contributed by atoms with Crippen LogP contribution in [0.2, 0.25) is 0 Å². The number of amides is 1. The summed E-state index contributed by atoms with van der Waals surface area (Å²) in [5.41, 5.74) is 2.69. The van der Waals surface area contributed by atoms with Gasteiger partial charge in [0.15, 0.2) is 0 Å². The summed E-state index contributed by atoms with van der Waals surface area (Å²) >= 11 is 1.64. The minimum Gasteiger partial charge on any atom is -0.457 e. The first-order chi connectivity index (χ1) is 12.6. The van der Waals surface area contributed by atoms with Crippen molar-refractivity contribution in [2.45, 2.75) is 32.2 Å². The lowest BCUT2D eigenvalue weighted by Crippen LogP contribution is -2.31. The Bertz CT molecular complexity index is 903. The number of nitrogens with one attached hydrogen (secondary N) is 1. The highest BCUT2D eigenvalue weighted by Crippen LogP contribution is 2.43. The van der Waals surface area contributed by atoms with Crippen molar-refractivity contribution in [3.05, 3.63) is 75.7 Å². The standard InChI is InChI=1S/C21H20N2O2S/c1-13(2)21-23-14(12-26-21)11-22-20(24)19-15-7-3-5-9-17(15)25-18-10-6-4-8-16(18)19/h3-10,12-13,19H,11H2,1-2H3,(H,22,24). The number of aromatic nitrogens is 1. The van der Waals surface area contributed by atoms with Crippen LogP contribution in [0, 0.1) is 0 Å². The van der Waals surface area contributed by atoms with E-state index in [0.29, 0.717) is 12.5 Å². The second-order valence-electron chi connectivity index (χ2n) is 6.66. The number of rotatable bonds is 4. The SMILES string of the molecule is CC(C)c1nc(CNC(=O)C2c3ccccc3Oc3ccccc32)cs1. The molecule has 0 fully saturated rings. The summed E-state index contributed by atoms with van der Waals surface area (Å²) in [6, 6.07) is 15.4. The fraction of sp³-hybridized carbons (Fsp3) is 0.238. The highest BCUT2D eigenvalue weighted by molar-refractivity contribution is 7.09. The van der Waals surface area contributed by atoms with E-state index >= 15 is 0 Å². The van der Waals surface area contributed by atoms with Crippen molar-refractivity contribution in [1.82, 2.24) is 10.3 Å². The molecule has 0 atom stereocenters. The molecule has 0 aliphatic carbocycles. The normalized spacial score (nSPS) is 13.0. The Labute approximate surface area is 156 Å². The molecule has 0 radical (unpaired) electrons. The summed E-state index contributed by atoms with van der Waals surface area (Å²) in [4.78, 5) is 17.6. The number of thiazole rings is 1. The van der Waals surface area contributed by atoms with Gasteiger partial charge < -0.3 is 10.1 Å². The number of hydrogen-bond acceptors (Lipinski definition) is 4. The fourth-order valence-electron chi connectivity index (χ4n) is 3.14. The second kappa shape index (κ2) is 6.92. The minimum absolute atomic E-state index is 0.0349. The zero-order valence-electron chi connectivity index (χ0n) is 14.7. The molecule has 2 heterocycles. The first kappa shape index (κ1) is 16.8. The number of benzene rings is 2. The van der Waals surface area contributed by atoms with E-state index in [4.69, 9.17) is 4.74 Å². The lowest BCUT2D eigenvalue weighted by atomic mass is 9.87. The van der Waals surface area contributed by atoms with Gasteiger partial charge in [0.25, 0.3) is 0 Å². The Morgan fingerprint density at radius 1 is 1.12 bits per heavy atom. The van der Waals surface area contributed by atoms with Gasteiger partial charge in [-0.1, -0.05) is 50.2 Å². The van der Waals surface area contributed by atoms with E-state index in [1.807, 2.05) is 53.9 Å². The number of fused-ring (bicyclic) bond motifs is 2. The molecule has 1 aromatic heterocycles. The molecule has 1 aliphatic heterocycles. The van der Waals surface area contributed by atoms with E-state index < -0.39 is 0 Å². The van der Waals surface area contributed by atoms with Crippen molar-refractivity contribution < 1.29 is 9.53 Å². The number of nitrogens with zero attached hydrogens (tertiary/aromatic N) is 1. The summed E-state index contributed by atoms with van der Waals surface area (Å²) in [5, 5.41) is 6.16. The van der Waals surface area contributed by atoms with Crippen molar-refractivity contribution in [1.29, 1.82) is 0 Å². The third-order valence-electron chi connectivity index (χ3n) is 4.45. The zero-order chi connectivity index (χ0) is 18.1. The summed E-state index contributed by atoms with van der Waals surface area (Å²) in [7, 11) is 0. The van der Waals surface area contributed by atoms with Gasteiger partial charge in [-0.15, -0.1) is 11.3 Å². The van der Waals surface area contributed by atoms with Crippen molar-refractivity contribution in [3.63, 3.8) is 0 Å². The van der Waals surface area contributed by atoms with Crippen LogP contribution in [0.3, 0.4) is 0 Å². The molecule has 1 aliphatic rings. The summed E-state index contributed by atoms with van der Waals surface area (Å²) < 4.78 is 5.96. The van der Waals surface area contributed by atoms with Gasteiger partial charge >= 0.3 is 0 Å². The van der Waals surface area contributed by atoms with Crippen LogP contribution in [0.4, 0.5) is 0 Å². The Morgan fingerprint density at radius 2 is 1.73 bits per heavy atom. The van der Waals surface area contributed by atoms with Gasteiger partial charge in [0.1, 0.15) is 11.5 Å². The van der Waals surface area contributed by atoms with Gasteiger partial charge in [-0.25, -0.2) is 4.98 Å². The average molecular weight is 364 g/mol. The molecule has 5 heteroatoms. The van der Waals surface area contributed by atoms with Crippen molar-refractivity contribution in [3.8, 4) is 11.5 Å². The number of carbonyl (C=O) groups is 1. The minimum atomic E-state index is -0.376. The van der Waals surface area contributed by atoms with E-state index in [-0.39, 0.29) is 11.8 Å². The topological polar surface area (TPSA) is 51.2 Å². The Balaban J connectivity index is 1.59. The monoisotopic (exact) mass is 364 g/mol. The number of carbonyl (C=O) groups excluding carboxylic acids is 1. The first-order valence-electron chi connectivity index (χ1n) is 8.71. The van der Waals surface area contributed by atoms with E-state index in [2.05, 4.69) is 24.1 Å². The lowest BCUT2D eigenvalue weighted by molar-refractivity contribution is -0.122. The molecular formula is C21H20N2O2S. The molecule has 1 amide bonds. The maximum atomic E-state index is 13.0. The molecule has 26 heavy (non-hydrogen) atoms. The van der Waals surface area contributed by atoms with Crippen LogP contribution < -0.4 is 10.1 Å². The Kier molecular flexibility index (Phi) is 4.47. The predicted octanol–water partition coefficient (Wildman–Crippen LogP) is 4.82. The van der Waals surface area contributed by atoms with Crippen molar-refractivity contribution in [2.24, 2.45) is 0 Å². The molecule has 0 spiro atoms. The molecule has 0 bridgehead atoms. The molecular weight excluding hydrogens is 344 g/mol. The largest absolute Gasteiger partial charge is 0.457 e. The van der Waals surface area contributed by atoms with E-state index in [1.54, 1.807) is 11.3 Å². The maximum Gasteiger partial charge on any atom is 0.232 e. The average Bonchev–Trinajstić information content (AvgIpc) is 3.13. The Hall–Kier alpha value is -2.66. The summed E-state index contributed by atoms with van der Waals surface area (Å²) in [6.07, 6.45) is 0. The van der Waals surface area contributed by atoms with Gasteiger partial charge in [-0.05, 0) is 12.1 Å². The lowest BCUT2D eigenvalue weighted by Gasteiger charge is -2.27. The molecule has 4 rings (SSSR count). The molecule has 0 unspecified atom stereocenters. The van der Waals surface area contributed by atoms with Crippen LogP contribution in [0.5, 0.6) is 11.5 Å². The van der Waals surface area contributed by atoms with Crippen LogP contribution >= 0.6 is 11.3 Å². The predicted molar refractivity (Wildman–Crippen MR) is 103 cm³/mol. The highest BCUT2D eigenvalue weighted by atomic mass is 32.1. The van der Waals surface area contributed by atoms with Crippen LogP contribution in [0.25, 0.3) is 0 Å². The summed E-state index contributed by atoms with van der Waals surface area (Å²) in [5.74, 6) is 1.47. The van der Waals surface area contributed by atoms with Gasteiger partial charge in [0, 0.05) is 22.4 Å². The van der Waals surface area contributed by atoms with E-state index in [9.17, 15) is 4.79 Å².